The van der Waals surface area contributed by atoms with Crippen molar-refractivity contribution in [3.63, 3.8) is 0 Å². The zero-order valence-electron chi connectivity index (χ0n) is 25.3. The molecule has 1 unspecified atom stereocenters. The molecule has 1 saturated carbocycles. The van der Waals surface area contributed by atoms with Crippen LogP contribution in [-0.4, -0.2) is 6.36 Å². The van der Waals surface area contributed by atoms with Crippen LogP contribution >= 0.6 is 0 Å². The quantitative estimate of drug-likeness (QED) is 0.159. The smallest absolute Gasteiger partial charge is 0.403 e. The predicted molar refractivity (Wildman–Crippen MR) is 157 cm³/mol. The first kappa shape index (κ1) is 33.3. The number of benzene rings is 3. The standard InChI is InChI=1S/C36H38F8O/c1-2-3-4-5-21-6-9-24(29(37)19-21)10-7-22-8-15-28-26(18-22)20-30(38)32(33(28)39)25-13-11-23(12-14-25)27-16-17-31(35(41)34(27)40)45-36(42,43)44/h6,9,16-17,19-20,22-23,25H,2-5,7-8,10-15,18H2,1H3. The van der Waals surface area contributed by atoms with Gasteiger partial charge in [0.15, 0.2) is 11.6 Å². The number of rotatable bonds is 10. The normalized spacial score (nSPS) is 20.2. The highest BCUT2D eigenvalue weighted by atomic mass is 19.4. The first-order valence-electron chi connectivity index (χ1n) is 16.0. The Labute approximate surface area is 259 Å². The highest BCUT2D eigenvalue weighted by Gasteiger charge is 2.35. The second-order valence-electron chi connectivity index (χ2n) is 12.6. The van der Waals surface area contributed by atoms with Gasteiger partial charge in [-0.2, -0.15) is 4.39 Å². The number of hydrogen-bond donors (Lipinski definition) is 0. The van der Waals surface area contributed by atoms with E-state index in [1.54, 1.807) is 6.07 Å². The van der Waals surface area contributed by atoms with E-state index >= 15 is 8.78 Å². The van der Waals surface area contributed by atoms with Crippen molar-refractivity contribution in [2.24, 2.45) is 5.92 Å². The van der Waals surface area contributed by atoms with Crippen molar-refractivity contribution in [2.75, 3.05) is 0 Å². The lowest BCUT2D eigenvalue weighted by Gasteiger charge is -2.32. The Balaban J connectivity index is 1.20. The Hall–Kier alpha value is -3.10. The van der Waals surface area contributed by atoms with Crippen LogP contribution in [0.4, 0.5) is 35.1 Å². The van der Waals surface area contributed by atoms with Crippen LogP contribution < -0.4 is 4.74 Å². The van der Waals surface area contributed by atoms with Gasteiger partial charge in [-0.25, -0.2) is 17.6 Å². The molecular weight excluding hydrogens is 600 g/mol. The maximum Gasteiger partial charge on any atom is 0.573 e. The molecule has 0 heterocycles. The average molecular weight is 639 g/mol. The van der Waals surface area contributed by atoms with Gasteiger partial charge < -0.3 is 4.74 Å². The second-order valence-corrected chi connectivity index (χ2v) is 12.6. The third kappa shape index (κ3) is 7.83. The van der Waals surface area contributed by atoms with Gasteiger partial charge in [0.25, 0.3) is 0 Å². The minimum absolute atomic E-state index is 0.0207. The Morgan fingerprint density at radius 3 is 2.18 bits per heavy atom. The van der Waals surface area contributed by atoms with E-state index < -0.39 is 47.2 Å². The highest BCUT2D eigenvalue weighted by molar-refractivity contribution is 5.40. The first-order valence-corrected chi connectivity index (χ1v) is 16.0. The number of alkyl halides is 3. The molecule has 0 aromatic heterocycles. The van der Waals surface area contributed by atoms with Gasteiger partial charge in [0.05, 0.1) is 0 Å². The summed E-state index contributed by atoms with van der Waals surface area (Å²) >= 11 is 0. The third-order valence-corrected chi connectivity index (χ3v) is 9.64. The molecule has 2 aliphatic rings. The van der Waals surface area contributed by atoms with Gasteiger partial charge in [-0.15, -0.1) is 13.2 Å². The molecule has 244 valence electrons. The van der Waals surface area contributed by atoms with E-state index in [9.17, 15) is 26.3 Å². The molecule has 1 nitrogen and oxygen atoms in total. The minimum Gasteiger partial charge on any atom is -0.403 e. The summed E-state index contributed by atoms with van der Waals surface area (Å²) in [7, 11) is 0. The van der Waals surface area contributed by atoms with Gasteiger partial charge in [-0.3, -0.25) is 0 Å². The summed E-state index contributed by atoms with van der Waals surface area (Å²) in [5.74, 6) is -6.46. The van der Waals surface area contributed by atoms with Gasteiger partial charge >= 0.3 is 6.36 Å². The number of aryl methyl sites for hydroxylation is 2. The topological polar surface area (TPSA) is 9.23 Å². The zero-order valence-corrected chi connectivity index (χ0v) is 25.3. The van der Waals surface area contributed by atoms with Crippen LogP contribution in [0.3, 0.4) is 0 Å². The van der Waals surface area contributed by atoms with Crippen LogP contribution in [0.25, 0.3) is 0 Å². The fourth-order valence-electron chi connectivity index (χ4n) is 7.21. The van der Waals surface area contributed by atoms with Crippen molar-refractivity contribution in [1.82, 2.24) is 0 Å². The largest absolute Gasteiger partial charge is 0.573 e. The summed E-state index contributed by atoms with van der Waals surface area (Å²) in [6.07, 6.45) is 3.21. The van der Waals surface area contributed by atoms with E-state index in [1.807, 2.05) is 12.1 Å². The molecule has 0 radical (unpaired) electrons. The number of hydrogen-bond acceptors (Lipinski definition) is 1. The molecule has 3 aromatic rings. The lowest BCUT2D eigenvalue weighted by molar-refractivity contribution is -0.275. The molecule has 5 rings (SSSR count). The fraction of sp³-hybridized carbons (Fsp3) is 0.500. The summed E-state index contributed by atoms with van der Waals surface area (Å²) < 4.78 is 116. The molecule has 45 heavy (non-hydrogen) atoms. The Bertz CT molecular complexity index is 1490. The molecule has 1 atom stereocenters. The summed E-state index contributed by atoms with van der Waals surface area (Å²) in [5.41, 5.74) is 2.77. The monoisotopic (exact) mass is 638 g/mol. The lowest BCUT2D eigenvalue weighted by atomic mass is 9.74. The summed E-state index contributed by atoms with van der Waals surface area (Å²) in [5, 5.41) is 0. The van der Waals surface area contributed by atoms with E-state index in [4.69, 9.17) is 0 Å². The maximum absolute atomic E-state index is 15.8. The Kier molecular flexibility index (Phi) is 10.4. The van der Waals surface area contributed by atoms with E-state index in [0.717, 1.165) is 56.2 Å². The summed E-state index contributed by atoms with van der Waals surface area (Å²) in [4.78, 5) is 0. The number of ether oxygens (including phenoxy) is 1. The van der Waals surface area contributed by atoms with Crippen molar-refractivity contribution in [1.29, 1.82) is 0 Å². The van der Waals surface area contributed by atoms with Crippen LogP contribution in [0.15, 0.2) is 36.4 Å². The van der Waals surface area contributed by atoms with Crippen molar-refractivity contribution in [2.45, 2.75) is 109 Å². The minimum atomic E-state index is -5.16. The third-order valence-electron chi connectivity index (χ3n) is 9.64. The fourth-order valence-corrected chi connectivity index (χ4v) is 7.21. The van der Waals surface area contributed by atoms with Crippen molar-refractivity contribution in [3.8, 4) is 5.75 Å². The predicted octanol–water partition coefficient (Wildman–Crippen LogP) is 11.2. The van der Waals surface area contributed by atoms with E-state index in [0.29, 0.717) is 61.6 Å². The molecule has 0 aliphatic heterocycles. The maximum atomic E-state index is 15.8. The second kappa shape index (κ2) is 14.1. The SMILES string of the molecule is CCCCCc1ccc(CCC2CCc3c(cc(F)c(C4CCC(c5ccc(OC(F)(F)F)c(F)c5F)CC4)c3F)C2)c(F)c1. The Morgan fingerprint density at radius 2 is 1.49 bits per heavy atom. The number of unbranched alkanes of at least 4 members (excludes halogenated alkanes) is 2. The molecule has 0 spiro atoms. The van der Waals surface area contributed by atoms with Gasteiger partial charge in [0, 0.05) is 5.56 Å². The van der Waals surface area contributed by atoms with Crippen LogP contribution in [0.1, 0.15) is 110 Å². The molecule has 0 bridgehead atoms. The van der Waals surface area contributed by atoms with Gasteiger partial charge in [-0.1, -0.05) is 38.0 Å². The van der Waals surface area contributed by atoms with Crippen LogP contribution in [-0.2, 0) is 25.7 Å². The molecule has 2 aliphatic carbocycles. The van der Waals surface area contributed by atoms with Crippen LogP contribution in [0.5, 0.6) is 5.75 Å². The number of fused-ring (bicyclic) bond motifs is 1. The summed E-state index contributed by atoms with van der Waals surface area (Å²) in [6.45, 7) is 2.13. The first-order chi connectivity index (χ1) is 21.4. The van der Waals surface area contributed by atoms with E-state index in [1.165, 1.54) is 6.07 Å². The molecule has 0 N–H and O–H groups in total. The van der Waals surface area contributed by atoms with Crippen LogP contribution in [0, 0.1) is 35.0 Å². The molecular formula is C36H38F8O. The number of halogens is 8. The van der Waals surface area contributed by atoms with E-state index in [-0.39, 0.29) is 22.9 Å². The van der Waals surface area contributed by atoms with Crippen molar-refractivity contribution < 1.29 is 39.9 Å². The van der Waals surface area contributed by atoms with Gasteiger partial charge in [0.2, 0.25) is 5.82 Å². The molecule has 3 aromatic carbocycles. The highest BCUT2D eigenvalue weighted by Crippen LogP contribution is 2.45. The average Bonchev–Trinajstić information content (AvgIpc) is 2.99. The summed E-state index contributed by atoms with van der Waals surface area (Å²) in [6, 6.07) is 8.73. The Morgan fingerprint density at radius 1 is 0.756 bits per heavy atom. The molecule has 0 saturated heterocycles. The van der Waals surface area contributed by atoms with Gasteiger partial charge in [0.1, 0.15) is 17.5 Å². The van der Waals surface area contributed by atoms with E-state index in [2.05, 4.69) is 11.7 Å². The van der Waals surface area contributed by atoms with Crippen molar-refractivity contribution in [3.05, 3.63) is 98.9 Å². The molecule has 9 heteroatoms. The zero-order chi connectivity index (χ0) is 32.3. The molecule has 1 fully saturated rings. The molecule has 0 amide bonds. The van der Waals surface area contributed by atoms with Gasteiger partial charge in [-0.05, 0) is 134 Å². The lowest BCUT2D eigenvalue weighted by Crippen LogP contribution is -2.21. The van der Waals surface area contributed by atoms with Crippen molar-refractivity contribution >= 4 is 0 Å². The van der Waals surface area contributed by atoms with Crippen LogP contribution in [0.2, 0.25) is 0 Å².